The van der Waals surface area contributed by atoms with Crippen molar-refractivity contribution in [1.82, 2.24) is 0 Å². The third-order valence-corrected chi connectivity index (χ3v) is 2.96. The molecule has 1 aromatic carbocycles. The minimum Gasteiger partial charge on any atom is -0.489 e. The molecule has 0 aromatic heterocycles. The van der Waals surface area contributed by atoms with Crippen molar-refractivity contribution < 1.29 is 4.74 Å². The largest absolute Gasteiger partial charge is 0.489 e. The van der Waals surface area contributed by atoms with E-state index in [1.54, 1.807) is 6.08 Å². The second-order valence-corrected chi connectivity index (χ2v) is 5.09. The van der Waals surface area contributed by atoms with Crippen molar-refractivity contribution in [2.45, 2.75) is 26.7 Å². The van der Waals surface area contributed by atoms with Crippen molar-refractivity contribution in [2.75, 3.05) is 19.0 Å². The number of anilines is 1. The van der Waals surface area contributed by atoms with Crippen LogP contribution in [0.4, 0.5) is 5.69 Å². The molecule has 0 aliphatic heterocycles. The summed E-state index contributed by atoms with van der Waals surface area (Å²) in [6.45, 7) is 4.62. The van der Waals surface area contributed by atoms with E-state index in [1.807, 2.05) is 13.1 Å². The molecular weight excluding hydrogens is 269 g/mol. The van der Waals surface area contributed by atoms with Gasteiger partial charge in [0.05, 0.1) is 0 Å². The third kappa shape index (κ3) is 4.43. The van der Waals surface area contributed by atoms with Gasteiger partial charge in [0, 0.05) is 12.7 Å². The first kappa shape index (κ1) is 15.2. The van der Waals surface area contributed by atoms with Gasteiger partial charge in [-0.1, -0.05) is 36.5 Å². The summed E-state index contributed by atoms with van der Waals surface area (Å²) in [5, 5.41) is 3.24. The second kappa shape index (κ2) is 7.55. The topological polar surface area (TPSA) is 21.3 Å². The van der Waals surface area contributed by atoms with Crippen molar-refractivity contribution in [3.8, 4) is 5.75 Å². The van der Waals surface area contributed by atoms with Gasteiger partial charge < -0.3 is 10.1 Å². The normalized spacial score (nSPS) is 10.1. The molecule has 0 spiro atoms. The van der Waals surface area contributed by atoms with Crippen LogP contribution in [0, 0.1) is 6.92 Å². The molecule has 0 bridgehead atoms. The van der Waals surface area contributed by atoms with Gasteiger partial charge in [-0.3, -0.25) is 0 Å². The average Bonchev–Trinajstić information content (AvgIpc) is 2.28. The lowest BCUT2D eigenvalue weighted by atomic mass is 10.0. The minimum absolute atomic E-state index is 0.229. The molecular formula is C14H19Cl2NO. The quantitative estimate of drug-likeness (QED) is 0.820. The Morgan fingerprint density at radius 3 is 2.67 bits per heavy atom. The third-order valence-electron chi connectivity index (χ3n) is 2.65. The van der Waals surface area contributed by atoms with Gasteiger partial charge in [-0.2, -0.15) is 0 Å². The molecule has 4 heteroatoms. The molecule has 1 aromatic rings. The molecule has 0 fully saturated rings. The Morgan fingerprint density at radius 1 is 1.39 bits per heavy atom. The lowest BCUT2D eigenvalue weighted by Crippen LogP contribution is -2.01. The maximum Gasteiger partial charge on any atom is 0.120 e. The van der Waals surface area contributed by atoms with E-state index in [0.717, 1.165) is 18.6 Å². The summed E-state index contributed by atoms with van der Waals surface area (Å²) < 4.78 is 5.84. The molecule has 18 heavy (non-hydrogen) atoms. The number of aryl methyl sites for hydroxylation is 2. The number of hydrogen-bond donors (Lipinski definition) is 1. The van der Waals surface area contributed by atoms with Crippen molar-refractivity contribution in [1.29, 1.82) is 0 Å². The van der Waals surface area contributed by atoms with Gasteiger partial charge in [0.15, 0.2) is 0 Å². The van der Waals surface area contributed by atoms with Crippen LogP contribution in [0.3, 0.4) is 0 Å². The highest BCUT2D eigenvalue weighted by atomic mass is 35.5. The van der Waals surface area contributed by atoms with Crippen LogP contribution in [0.25, 0.3) is 0 Å². The van der Waals surface area contributed by atoms with Crippen LogP contribution in [-0.4, -0.2) is 13.7 Å². The van der Waals surface area contributed by atoms with Crippen LogP contribution in [0.1, 0.15) is 24.5 Å². The van der Waals surface area contributed by atoms with Crippen molar-refractivity contribution in [3.63, 3.8) is 0 Å². The van der Waals surface area contributed by atoms with Gasteiger partial charge >= 0.3 is 0 Å². The average molecular weight is 288 g/mol. The number of hydrogen-bond acceptors (Lipinski definition) is 2. The first-order valence-electron chi connectivity index (χ1n) is 6.03. The Morgan fingerprint density at radius 2 is 2.11 bits per heavy atom. The van der Waals surface area contributed by atoms with E-state index >= 15 is 0 Å². The lowest BCUT2D eigenvalue weighted by Gasteiger charge is -2.14. The molecule has 0 aliphatic carbocycles. The van der Waals surface area contributed by atoms with E-state index in [2.05, 4.69) is 25.2 Å². The van der Waals surface area contributed by atoms with Gasteiger partial charge in [-0.05, 0) is 42.7 Å². The molecule has 1 N–H and O–H groups in total. The number of benzene rings is 1. The summed E-state index contributed by atoms with van der Waals surface area (Å²) in [4.78, 5) is 0. The Labute approximate surface area is 119 Å². The monoisotopic (exact) mass is 287 g/mol. The molecule has 100 valence electrons. The standard InChI is InChI=1S/C14H19Cl2NO/c1-4-5-11-9-12(18-7-6-13(15)16)8-10(2)14(11)17-3/h6,8-9,17H,4-5,7H2,1-3H3. The zero-order valence-electron chi connectivity index (χ0n) is 11.0. The zero-order valence-corrected chi connectivity index (χ0v) is 12.5. The molecule has 1 rings (SSSR count). The molecule has 0 heterocycles. The second-order valence-electron chi connectivity index (χ2n) is 4.08. The maximum absolute atomic E-state index is 5.61. The van der Waals surface area contributed by atoms with Crippen LogP contribution in [0.5, 0.6) is 5.75 Å². The first-order valence-corrected chi connectivity index (χ1v) is 6.79. The molecule has 0 saturated carbocycles. The minimum atomic E-state index is 0.229. The van der Waals surface area contributed by atoms with E-state index in [9.17, 15) is 0 Å². The molecule has 2 nitrogen and oxygen atoms in total. The van der Waals surface area contributed by atoms with E-state index in [1.165, 1.54) is 16.8 Å². The van der Waals surface area contributed by atoms with E-state index in [4.69, 9.17) is 27.9 Å². The van der Waals surface area contributed by atoms with Gasteiger partial charge in [0.25, 0.3) is 0 Å². The van der Waals surface area contributed by atoms with Crippen LogP contribution in [0.2, 0.25) is 0 Å². The summed E-state index contributed by atoms with van der Waals surface area (Å²) in [6, 6.07) is 4.08. The highest BCUT2D eigenvalue weighted by Crippen LogP contribution is 2.27. The van der Waals surface area contributed by atoms with Crippen LogP contribution in [-0.2, 0) is 6.42 Å². The van der Waals surface area contributed by atoms with E-state index < -0.39 is 0 Å². The number of rotatable bonds is 6. The van der Waals surface area contributed by atoms with Gasteiger partial charge in [0.2, 0.25) is 0 Å². The Bertz CT molecular complexity index is 426. The summed E-state index contributed by atoms with van der Waals surface area (Å²) >= 11 is 11.1. The summed E-state index contributed by atoms with van der Waals surface area (Å²) in [6.07, 6.45) is 3.76. The van der Waals surface area contributed by atoms with Crippen LogP contribution >= 0.6 is 23.2 Å². The van der Waals surface area contributed by atoms with E-state index in [0.29, 0.717) is 6.61 Å². The van der Waals surface area contributed by atoms with E-state index in [-0.39, 0.29) is 4.49 Å². The Kier molecular flexibility index (Phi) is 6.37. The van der Waals surface area contributed by atoms with Gasteiger partial charge in [0.1, 0.15) is 16.8 Å². The summed E-state index contributed by atoms with van der Waals surface area (Å²) in [5.41, 5.74) is 3.64. The Balaban J connectivity index is 2.90. The van der Waals surface area contributed by atoms with Crippen molar-refractivity contribution in [3.05, 3.63) is 33.8 Å². The van der Waals surface area contributed by atoms with Crippen LogP contribution in [0.15, 0.2) is 22.7 Å². The fourth-order valence-corrected chi connectivity index (χ4v) is 2.06. The predicted molar refractivity (Wildman–Crippen MR) is 80.0 cm³/mol. The zero-order chi connectivity index (χ0) is 13.5. The molecule has 0 aliphatic rings. The van der Waals surface area contributed by atoms with Crippen LogP contribution < -0.4 is 10.1 Å². The number of halogens is 2. The number of ether oxygens (including phenoxy) is 1. The van der Waals surface area contributed by atoms with Gasteiger partial charge in [-0.25, -0.2) is 0 Å². The maximum atomic E-state index is 5.61. The number of nitrogens with one attached hydrogen (secondary N) is 1. The summed E-state index contributed by atoms with van der Waals surface area (Å²) in [7, 11) is 1.94. The molecule has 0 amide bonds. The molecule has 0 saturated heterocycles. The smallest absolute Gasteiger partial charge is 0.120 e. The SMILES string of the molecule is CCCc1cc(OCC=C(Cl)Cl)cc(C)c1NC. The fourth-order valence-electron chi connectivity index (χ4n) is 1.93. The highest BCUT2D eigenvalue weighted by Gasteiger charge is 2.07. The highest BCUT2D eigenvalue weighted by molar-refractivity contribution is 6.55. The van der Waals surface area contributed by atoms with Crippen molar-refractivity contribution >= 4 is 28.9 Å². The fraction of sp³-hybridized carbons (Fsp3) is 0.429. The first-order chi connectivity index (χ1) is 8.58. The summed E-state index contributed by atoms with van der Waals surface area (Å²) in [5.74, 6) is 0.848. The molecule has 0 radical (unpaired) electrons. The lowest BCUT2D eigenvalue weighted by molar-refractivity contribution is 0.362. The molecule has 0 atom stereocenters. The van der Waals surface area contributed by atoms with Gasteiger partial charge in [-0.15, -0.1) is 0 Å². The predicted octanol–water partition coefficient (Wildman–Crippen LogP) is 4.69. The Hall–Kier alpha value is -0.860. The van der Waals surface area contributed by atoms with Crippen molar-refractivity contribution in [2.24, 2.45) is 0 Å². The molecule has 0 unspecified atom stereocenters.